The van der Waals surface area contributed by atoms with Crippen molar-refractivity contribution in [3.05, 3.63) is 0 Å². The summed E-state index contributed by atoms with van der Waals surface area (Å²) in [6.07, 6.45) is 3.01. The van der Waals surface area contributed by atoms with Gasteiger partial charge in [0.25, 0.3) is 0 Å². The van der Waals surface area contributed by atoms with Gasteiger partial charge in [-0.05, 0) is 24.2 Å². The van der Waals surface area contributed by atoms with Crippen LogP contribution in [-0.2, 0) is 0 Å². The lowest BCUT2D eigenvalue weighted by Gasteiger charge is -2.41. The molecule has 3 nitrogen and oxygen atoms in total. The third kappa shape index (κ3) is 0.919. The second-order valence-corrected chi connectivity index (χ2v) is 4.28. The van der Waals surface area contributed by atoms with E-state index in [-0.39, 0.29) is 0 Å². The Morgan fingerprint density at radius 2 is 2.25 bits per heavy atom. The molecule has 1 amide bonds. The lowest BCUT2D eigenvalue weighted by molar-refractivity contribution is 0.0956. The van der Waals surface area contributed by atoms with E-state index < -0.39 is 6.09 Å². The maximum atomic E-state index is 10.7. The molecule has 1 unspecified atom stereocenters. The number of rotatable bonds is 0. The van der Waals surface area contributed by atoms with E-state index in [1.165, 1.54) is 19.3 Å². The molecule has 1 spiro atoms. The fraction of sp³-hybridized carbons (Fsp3) is 0.889. The number of nitrogens with zero attached hydrogens (tertiary/aromatic N) is 1. The molecule has 12 heavy (non-hydrogen) atoms. The van der Waals surface area contributed by atoms with Gasteiger partial charge in [0, 0.05) is 13.1 Å². The average Bonchev–Trinajstić information content (AvgIpc) is 2.25. The molecule has 1 N–H and O–H groups in total. The lowest BCUT2D eigenvalue weighted by Crippen LogP contribution is -2.37. The Hall–Kier alpha value is -0.730. The van der Waals surface area contributed by atoms with Crippen LogP contribution in [0.3, 0.4) is 0 Å². The summed E-state index contributed by atoms with van der Waals surface area (Å²) in [5, 5.41) is 8.81. The topological polar surface area (TPSA) is 40.5 Å². The highest BCUT2D eigenvalue weighted by atomic mass is 16.4. The lowest BCUT2D eigenvalue weighted by atomic mass is 9.63. The molecular formula is C9H15NO2. The minimum Gasteiger partial charge on any atom is -0.465 e. The summed E-state index contributed by atoms with van der Waals surface area (Å²) < 4.78 is 0. The summed E-state index contributed by atoms with van der Waals surface area (Å²) in [5.74, 6) is 0.572. The standard InChI is InChI=1S/C9H15NO2/c1-7-5-10(8(11)12)6-9(7)3-2-4-9/h7H,2-6H2,1H3,(H,11,12). The average molecular weight is 169 g/mol. The van der Waals surface area contributed by atoms with Crippen molar-refractivity contribution in [1.82, 2.24) is 4.90 Å². The summed E-state index contributed by atoms with van der Waals surface area (Å²) in [7, 11) is 0. The largest absolute Gasteiger partial charge is 0.465 e. The molecule has 68 valence electrons. The molecule has 0 bridgehead atoms. The van der Waals surface area contributed by atoms with Gasteiger partial charge in [0.15, 0.2) is 0 Å². The van der Waals surface area contributed by atoms with Crippen LogP contribution in [0.4, 0.5) is 4.79 Å². The van der Waals surface area contributed by atoms with Gasteiger partial charge in [0.1, 0.15) is 0 Å². The van der Waals surface area contributed by atoms with Crippen LogP contribution in [-0.4, -0.2) is 29.2 Å². The number of carboxylic acid groups (broad SMARTS) is 1. The van der Waals surface area contributed by atoms with Gasteiger partial charge in [-0.3, -0.25) is 0 Å². The number of likely N-dealkylation sites (tertiary alicyclic amines) is 1. The second kappa shape index (κ2) is 2.38. The molecule has 2 fully saturated rings. The monoisotopic (exact) mass is 169 g/mol. The number of carbonyl (C=O) groups is 1. The van der Waals surface area contributed by atoms with E-state index in [9.17, 15) is 4.79 Å². The van der Waals surface area contributed by atoms with Crippen molar-refractivity contribution in [2.45, 2.75) is 26.2 Å². The van der Waals surface area contributed by atoms with Gasteiger partial charge < -0.3 is 10.0 Å². The van der Waals surface area contributed by atoms with Crippen LogP contribution in [0.5, 0.6) is 0 Å². The molecule has 1 saturated heterocycles. The summed E-state index contributed by atoms with van der Waals surface area (Å²) in [5.41, 5.74) is 0.373. The zero-order valence-corrected chi connectivity index (χ0v) is 7.42. The number of hydrogen-bond donors (Lipinski definition) is 1. The van der Waals surface area contributed by atoms with Crippen LogP contribution in [0.2, 0.25) is 0 Å². The first-order valence-corrected chi connectivity index (χ1v) is 4.62. The second-order valence-electron chi connectivity index (χ2n) is 4.28. The Bertz CT molecular complexity index is 211. The quantitative estimate of drug-likeness (QED) is 0.600. The molecule has 3 heteroatoms. The van der Waals surface area contributed by atoms with E-state index in [2.05, 4.69) is 6.92 Å². The van der Waals surface area contributed by atoms with Crippen molar-refractivity contribution in [1.29, 1.82) is 0 Å². The van der Waals surface area contributed by atoms with Gasteiger partial charge in [-0.2, -0.15) is 0 Å². The highest BCUT2D eigenvalue weighted by molar-refractivity contribution is 5.65. The third-order valence-corrected chi connectivity index (χ3v) is 3.67. The van der Waals surface area contributed by atoms with Gasteiger partial charge in [0.2, 0.25) is 0 Å². The Kier molecular flexibility index (Phi) is 1.56. The number of amides is 1. The van der Waals surface area contributed by atoms with E-state index in [1.807, 2.05) is 0 Å². The maximum absolute atomic E-state index is 10.7. The van der Waals surface area contributed by atoms with Crippen LogP contribution in [0.15, 0.2) is 0 Å². The van der Waals surface area contributed by atoms with Crippen molar-refractivity contribution < 1.29 is 9.90 Å². The highest BCUT2D eigenvalue weighted by Crippen LogP contribution is 2.51. The highest BCUT2D eigenvalue weighted by Gasteiger charge is 2.49. The van der Waals surface area contributed by atoms with Gasteiger partial charge in [-0.25, -0.2) is 4.79 Å². The van der Waals surface area contributed by atoms with E-state index in [0.717, 1.165) is 13.1 Å². The molecule has 1 saturated carbocycles. The van der Waals surface area contributed by atoms with Crippen LogP contribution in [0.1, 0.15) is 26.2 Å². The summed E-state index contributed by atoms with van der Waals surface area (Å²) in [4.78, 5) is 12.3. The molecule has 1 heterocycles. The Morgan fingerprint density at radius 1 is 1.58 bits per heavy atom. The van der Waals surface area contributed by atoms with Crippen LogP contribution in [0.25, 0.3) is 0 Å². The number of hydrogen-bond acceptors (Lipinski definition) is 1. The first-order chi connectivity index (χ1) is 5.64. The fourth-order valence-corrected chi connectivity index (χ4v) is 2.55. The zero-order valence-electron chi connectivity index (χ0n) is 7.42. The molecule has 0 aromatic heterocycles. The predicted molar refractivity (Wildman–Crippen MR) is 45.0 cm³/mol. The Labute approximate surface area is 72.4 Å². The Morgan fingerprint density at radius 3 is 2.50 bits per heavy atom. The Balaban J connectivity index is 2.07. The minimum absolute atomic E-state index is 0.373. The van der Waals surface area contributed by atoms with Crippen molar-refractivity contribution in [2.24, 2.45) is 11.3 Å². The van der Waals surface area contributed by atoms with Crippen molar-refractivity contribution in [3.8, 4) is 0 Å². The van der Waals surface area contributed by atoms with Crippen LogP contribution >= 0.6 is 0 Å². The SMILES string of the molecule is CC1CN(C(=O)O)CC12CCC2. The minimum atomic E-state index is -0.745. The third-order valence-electron chi connectivity index (χ3n) is 3.67. The molecule has 2 rings (SSSR count). The molecule has 0 aromatic rings. The van der Waals surface area contributed by atoms with E-state index in [0.29, 0.717) is 11.3 Å². The van der Waals surface area contributed by atoms with Gasteiger partial charge >= 0.3 is 6.09 Å². The molecule has 1 aliphatic heterocycles. The van der Waals surface area contributed by atoms with Crippen molar-refractivity contribution >= 4 is 6.09 Å². The van der Waals surface area contributed by atoms with Gasteiger partial charge in [-0.1, -0.05) is 13.3 Å². The summed E-state index contributed by atoms with van der Waals surface area (Å²) >= 11 is 0. The van der Waals surface area contributed by atoms with Gasteiger partial charge in [0.05, 0.1) is 0 Å². The first kappa shape index (κ1) is 7.90. The van der Waals surface area contributed by atoms with Crippen LogP contribution < -0.4 is 0 Å². The van der Waals surface area contributed by atoms with Gasteiger partial charge in [-0.15, -0.1) is 0 Å². The van der Waals surface area contributed by atoms with Crippen LogP contribution in [0, 0.1) is 11.3 Å². The van der Waals surface area contributed by atoms with Crippen molar-refractivity contribution in [3.63, 3.8) is 0 Å². The zero-order chi connectivity index (χ0) is 8.77. The first-order valence-electron chi connectivity index (χ1n) is 4.62. The molecule has 0 aromatic carbocycles. The smallest absolute Gasteiger partial charge is 0.407 e. The summed E-state index contributed by atoms with van der Waals surface area (Å²) in [6.45, 7) is 3.71. The van der Waals surface area contributed by atoms with E-state index in [4.69, 9.17) is 5.11 Å². The van der Waals surface area contributed by atoms with E-state index >= 15 is 0 Å². The normalized spacial score (nSPS) is 32.1. The molecule has 2 aliphatic rings. The molecule has 0 radical (unpaired) electrons. The molecule has 1 atom stereocenters. The van der Waals surface area contributed by atoms with Crippen molar-refractivity contribution in [2.75, 3.05) is 13.1 Å². The summed E-state index contributed by atoms with van der Waals surface area (Å²) in [6, 6.07) is 0. The molecular weight excluding hydrogens is 154 g/mol. The predicted octanol–water partition coefficient (Wildman–Crippen LogP) is 1.79. The maximum Gasteiger partial charge on any atom is 0.407 e. The molecule has 1 aliphatic carbocycles. The fourth-order valence-electron chi connectivity index (χ4n) is 2.55. The van der Waals surface area contributed by atoms with E-state index in [1.54, 1.807) is 4.90 Å².